The number of guanidine groups is 1. The minimum Gasteiger partial charge on any atom is -0.378 e. The molecule has 1 aliphatic heterocycles. The average Bonchev–Trinajstić information content (AvgIpc) is 3.38. The number of aliphatic imine (C=N–C) groups is 1. The van der Waals surface area contributed by atoms with E-state index in [1.165, 1.54) is 37.0 Å². The number of thiophene rings is 1. The van der Waals surface area contributed by atoms with Gasteiger partial charge >= 0.3 is 0 Å². The van der Waals surface area contributed by atoms with E-state index in [1.807, 2.05) is 23.6 Å². The Bertz CT molecular complexity index is 826. The Kier molecular flexibility index (Phi) is 7.81. The fraction of sp³-hybridized carbons (Fsp3) is 0.583. The molecule has 3 heterocycles. The molecule has 0 radical (unpaired) electrons. The zero-order valence-electron chi connectivity index (χ0n) is 18.6. The van der Waals surface area contributed by atoms with Gasteiger partial charge in [-0.05, 0) is 37.3 Å². The first-order valence-corrected chi connectivity index (χ1v) is 12.5. The molecular weight excluding hydrogens is 406 g/mol. The molecule has 2 N–H and O–H groups in total. The van der Waals surface area contributed by atoms with E-state index in [9.17, 15) is 0 Å². The third-order valence-electron chi connectivity index (χ3n) is 6.38. The lowest BCUT2D eigenvalue weighted by Crippen LogP contribution is -2.46. The second-order valence-corrected chi connectivity index (χ2v) is 9.40. The van der Waals surface area contributed by atoms with Gasteiger partial charge in [0.15, 0.2) is 5.96 Å². The first kappa shape index (κ1) is 22.1. The summed E-state index contributed by atoms with van der Waals surface area (Å²) in [7, 11) is 0. The maximum absolute atomic E-state index is 5.50. The largest absolute Gasteiger partial charge is 0.378 e. The van der Waals surface area contributed by atoms with E-state index < -0.39 is 0 Å². The molecule has 0 bridgehead atoms. The van der Waals surface area contributed by atoms with Crippen LogP contribution in [0, 0.1) is 0 Å². The van der Waals surface area contributed by atoms with Gasteiger partial charge in [0, 0.05) is 48.2 Å². The standard InChI is InChI=1S/C24H35N5OS/c1-2-25-23(28-19-24(10-4-3-5-11-24)21-9-7-17-31-21)27-18-20-8-6-12-26-22(20)29-13-15-30-16-14-29/h6-9,12,17H,2-5,10-11,13-16,18-19H2,1H3,(H2,25,27,28). The number of hydrogen-bond donors (Lipinski definition) is 2. The predicted octanol–water partition coefficient (Wildman–Crippen LogP) is 3.94. The van der Waals surface area contributed by atoms with E-state index >= 15 is 0 Å². The van der Waals surface area contributed by atoms with Gasteiger partial charge in [-0.15, -0.1) is 11.3 Å². The highest BCUT2D eigenvalue weighted by Crippen LogP contribution is 2.41. The van der Waals surface area contributed by atoms with E-state index in [4.69, 9.17) is 9.73 Å². The average molecular weight is 442 g/mol. The number of ether oxygens (including phenoxy) is 1. The number of nitrogens with zero attached hydrogens (tertiary/aromatic N) is 3. The molecule has 6 nitrogen and oxygen atoms in total. The van der Waals surface area contributed by atoms with Crippen molar-refractivity contribution in [3.8, 4) is 0 Å². The fourth-order valence-corrected chi connectivity index (χ4v) is 5.68. The van der Waals surface area contributed by atoms with Gasteiger partial charge in [0.05, 0.1) is 19.8 Å². The Hall–Kier alpha value is -2.12. The van der Waals surface area contributed by atoms with Crippen LogP contribution in [0.1, 0.15) is 49.5 Å². The van der Waals surface area contributed by atoms with Crippen molar-refractivity contribution >= 4 is 23.1 Å². The maximum atomic E-state index is 5.50. The van der Waals surface area contributed by atoms with Gasteiger partial charge in [-0.1, -0.05) is 31.4 Å². The minimum absolute atomic E-state index is 0.232. The van der Waals surface area contributed by atoms with Crippen LogP contribution < -0.4 is 15.5 Å². The predicted molar refractivity (Wildman–Crippen MR) is 129 cm³/mol. The van der Waals surface area contributed by atoms with Gasteiger partial charge in [0.25, 0.3) is 0 Å². The van der Waals surface area contributed by atoms with Crippen LogP contribution in [0.4, 0.5) is 5.82 Å². The van der Waals surface area contributed by atoms with E-state index in [0.29, 0.717) is 6.54 Å². The molecule has 0 aromatic carbocycles. The number of nitrogens with one attached hydrogen (secondary N) is 2. The summed E-state index contributed by atoms with van der Waals surface area (Å²) in [6.07, 6.45) is 8.35. The summed E-state index contributed by atoms with van der Waals surface area (Å²) in [6, 6.07) is 8.64. The molecule has 1 saturated carbocycles. The van der Waals surface area contributed by atoms with Gasteiger partial charge in [-0.2, -0.15) is 0 Å². The second-order valence-electron chi connectivity index (χ2n) is 8.45. The van der Waals surface area contributed by atoms with Crippen LogP contribution in [0.2, 0.25) is 0 Å². The summed E-state index contributed by atoms with van der Waals surface area (Å²) in [4.78, 5) is 13.4. The smallest absolute Gasteiger partial charge is 0.191 e. The summed E-state index contributed by atoms with van der Waals surface area (Å²) in [5.74, 6) is 1.92. The molecule has 7 heteroatoms. The molecule has 0 unspecified atom stereocenters. The molecule has 2 aromatic heterocycles. The monoisotopic (exact) mass is 441 g/mol. The van der Waals surface area contributed by atoms with E-state index in [-0.39, 0.29) is 5.41 Å². The third kappa shape index (κ3) is 5.57. The van der Waals surface area contributed by atoms with Gasteiger partial charge in [0.2, 0.25) is 0 Å². The van der Waals surface area contributed by atoms with Crippen LogP contribution in [0.5, 0.6) is 0 Å². The quantitative estimate of drug-likeness (QED) is 0.503. The van der Waals surface area contributed by atoms with E-state index in [1.54, 1.807) is 0 Å². The number of hydrogen-bond acceptors (Lipinski definition) is 5. The van der Waals surface area contributed by atoms with Gasteiger partial charge in [-0.3, -0.25) is 0 Å². The Morgan fingerprint density at radius 3 is 2.74 bits per heavy atom. The fourth-order valence-electron chi connectivity index (χ4n) is 4.69. The van der Waals surface area contributed by atoms with Crippen LogP contribution in [0.25, 0.3) is 0 Å². The lowest BCUT2D eigenvalue weighted by Gasteiger charge is -2.37. The van der Waals surface area contributed by atoms with Crippen LogP contribution in [-0.4, -0.2) is 50.3 Å². The molecule has 2 aliphatic rings. The lowest BCUT2D eigenvalue weighted by molar-refractivity contribution is 0.122. The molecule has 31 heavy (non-hydrogen) atoms. The maximum Gasteiger partial charge on any atom is 0.191 e. The first-order chi connectivity index (χ1) is 15.3. The van der Waals surface area contributed by atoms with Crippen LogP contribution in [-0.2, 0) is 16.7 Å². The normalized spacial score (nSPS) is 19.3. The molecular formula is C24H35N5OS. The Labute approximate surface area is 190 Å². The van der Waals surface area contributed by atoms with Crippen molar-refractivity contribution in [1.82, 2.24) is 15.6 Å². The van der Waals surface area contributed by atoms with E-state index in [2.05, 4.69) is 51.0 Å². The van der Waals surface area contributed by atoms with Crippen molar-refractivity contribution < 1.29 is 4.74 Å². The summed E-state index contributed by atoms with van der Waals surface area (Å²) >= 11 is 1.90. The Morgan fingerprint density at radius 2 is 2.00 bits per heavy atom. The zero-order valence-corrected chi connectivity index (χ0v) is 19.4. The van der Waals surface area contributed by atoms with Gasteiger partial charge < -0.3 is 20.3 Å². The molecule has 2 aromatic rings. The van der Waals surface area contributed by atoms with Gasteiger partial charge in [-0.25, -0.2) is 9.98 Å². The molecule has 0 amide bonds. The van der Waals surface area contributed by atoms with Crippen molar-refractivity contribution in [2.75, 3.05) is 44.3 Å². The topological polar surface area (TPSA) is 61.8 Å². The third-order valence-corrected chi connectivity index (χ3v) is 7.49. The number of morpholine rings is 1. The number of aromatic nitrogens is 1. The van der Waals surface area contributed by atoms with Crippen molar-refractivity contribution in [3.63, 3.8) is 0 Å². The SMILES string of the molecule is CCNC(=NCc1cccnc1N1CCOCC1)NCC1(c2cccs2)CCCCC1. The molecule has 168 valence electrons. The summed E-state index contributed by atoms with van der Waals surface area (Å²) < 4.78 is 5.50. The van der Waals surface area contributed by atoms with Crippen LogP contribution >= 0.6 is 11.3 Å². The molecule has 0 spiro atoms. The molecule has 2 fully saturated rings. The van der Waals surface area contributed by atoms with Crippen molar-refractivity contribution in [3.05, 3.63) is 46.3 Å². The minimum atomic E-state index is 0.232. The Morgan fingerprint density at radius 1 is 1.16 bits per heavy atom. The van der Waals surface area contributed by atoms with E-state index in [0.717, 1.165) is 56.7 Å². The van der Waals surface area contributed by atoms with Gasteiger partial charge in [0.1, 0.15) is 5.82 Å². The Balaban J connectivity index is 1.46. The molecule has 1 saturated heterocycles. The van der Waals surface area contributed by atoms with Crippen LogP contribution in [0.3, 0.4) is 0 Å². The van der Waals surface area contributed by atoms with Crippen molar-refractivity contribution in [1.29, 1.82) is 0 Å². The zero-order chi connectivity index (χ0) is 21.4. The lowest BCUT2D eigenvalue weighted by atomic mass is 9.73. The summed E-state index contributed by atoms with van der Waals surface area (Å²) in [5, 5.41) is 9.33. The van der Waals surface area contributed by atoms with Crippen LogP contribution in [0.15, 0.2) is 40.8 Å². The number of rotatable bonds is 7. The summed E-state index contributed by atoms with van der Waals surface area (Å²) in [5.41, 5.74) is 1.39. The highest BCUT2D eigenvalue weighted by atomic mass is 32.1. The van der Waals surface area contributed by atoms with Crippen molar-refractivity contribution in [2.45, 2.75) is 51.0 Å². The highest BCUT2D eigenvalue weighted by Gasteiger charge is 2.34. The number of anilines is 1. The summed E-state index contributed by atoms with van der Waals surface area (Å²) in [6.45, 7) is 7.80. The number of pyridine rings is 1. The molecule has 1 aliphatic carbocycles. The molecule has 4 rings (SSSR count). The first-order valence-electron chi connectivity index (χ1n) is 11.6. The highest BCUT2D eigenvalue weighted by molar-refractivity contribution is 7.10. The molecule has 0 atom stereocenters. The van der Waals surface area contributed by atoms with Crippen molar-refractivity contribution in [2.24, 2.45) is 4.99 Å². The second kappa shape index (κ2) is 11.0.